The van der Waals surface area contributed by atoms with Gasteiger partial charge >= 0.3 is 0 Å². The Labute approximate surface area is 176 Å². The van der Waals surface area contributed by atoms with Gasteiger partial charge in [0.1, 0.15) is 5.69 Å². The van der Waals surface area contributed by atoms with Crippen LogP contribution >= 0.6 is 0 Å². The van der Waals surface area contributed by atoms with E-state index in [-0.39, 0.29) is 22.9 Å². The van der Waals surface area contributed by atoms with E-state index in [1.54, 1.807) is 6.92 Å². The van der Waals surface area contributed by atoms with Crippen LogP contribution in [0.4, 0.5) is 22.7 Å². The highest BCUT2D eigenvalue weighted by atomic mass is 32.2. The molecule has 1 heterocycles. The minimum Gasteiger partial charge on any atom is -0.383 e. The summed E-state index contributed by atoms with van der Waals surface area (Å²) in [6, 6.07) is 11.0. The van der Waals surface area contributed by atoms with Gasteiger partial charge in [-0.3, -0.25) is 10.1 Å². The van der Waals surface area contributed by atoms with Crippen LogP contribution in [0.3, 0.4) is 0 Å². The highest BCUT2D eigenvalue weighted by Gasteiger charge is 2.23. The van der Waals surface area contributed by atoms with Crippen molar-refractivity contribution in [2.75, 3.05) is 37.0 Å². The fraction of sp³-hybridized carbons (Fsp3) is 0.400. The molecule has 2 aromatic carbocycles. The number of hydrogen-bond acceptors (Lipinski definition) is 7. The van der Waals surface area contributed by atoms with Crippen molar-refractivity contribution < 1.29 is 18.1 Å². The lowest BCUT2D eigenvalue weighted by molar-refractivity contribution is -0.384. The molecule has 30 heavy (non-hydrogen) atoms. The van der Waals surface area contributed by atoms with Crippen LogP contribution in [0, 0.1) is 10.1 Å². The van der Waals surface area contributed by atoms with Gasteiger partial charge in [-0.05, 0) is 56.2 Å². The van der Waals surface area contributed by atoms with Crippen LogP contribution in [0.5, 0.6) is 0 Å². The van der Waals surface area contributed by atoms with E-state index >= 15 is 0 Å². The Balaban J connectivity index is 1.81. The maximum atomic E-state index is 12.5. The van der Waals surface area contributed by atoms with Crippen LogP contribution in [-0.2, 0) is 14.8 Å². The molecule has 0 aliphatic carbocycles. The van der Waals surface area contributed by atoms with Crippen LogP contribution in [-0.4, -0.2) is 46.2 Å². The van der Waals surface area contributed by atoms with Gasteiger partial charge in [-0.15, -0.1) is 0 Å². The van der Waals surface area contributed by atoms with Crippen LogP contribution in [0.25, 0.3) is 0 Å². The minimum atomic E-state index is -3.91. The molecule has 0 aromatic heterocycles. The summed E-state index contributed by atoms with van der Waals surface area (Å²) in [7, 11) is -2.44. The fourth-order valence-electron chi connectivity index (χ4n) is 3.44. The Morgan fingerprint density at radius 1 is 1.17 bits per heavy atom. The molecule has 0 saturated carbocycles. The molecule has 2 N–H and O–H groups in total. The lowest BCUT2D eigenvalue weighted by atomic mass is 10.2. The molecule has 1 saturated heterocycles. The summed E-state index contributed by atoms with van der Waals surface area (Å²) in [5.74, 6) is 0. The van der Waals surface area contributed by atoms with Crippen LogP contribution in [0.15, 0.2) is 47.4 Å². The Kier molecular flexibility index (Phi) is 6.91. The molecule has 0 bridgehead atoms. The quantitative estimate of drug-likeness (QED) is 0.460. The summed E-state index contributed by atoms with van der Waals surface area (Å²) in [6.07, 6.45) is 2.36. The lowest BCUT2D eigenvalue weighted by Gasteiger charge is -2.18. The van der Waals surface area contributed by atoms with E-state index < -0.39 is 21.0 Å². The normalized spacial score (nSPS) is 15.2. The molecule has 1 aliphatic heterocycles. The van der Waals surface area contributed by atoms with Crippen molar-refractivity contribution >= 4 is 32.8 Å². The molecule has 1 aliphatic rings. The molecular weight excluding hydrogens is 408 g/mol. The first-order valence-electron chi connectivity index (χ1n) is 9.72. The van der Waals surface area contributed by atoms with Gasteiger partial charge < -0.3 is 15.0 Å². The number of sulfonamides is 1. The van der Waals surface area contributed by atoms with E-state index in [0.29, 0.717) is 5.69 Å². The summed E-state index contributed by atoms with van der Waals surface area (Å²) >= 11 is 0. The van der Waals surface area contributed by atoms with Crippen molar-refractivity contribution in [1.82, 2.24) is 4.72 Å². The molecule has 0 unspecified atom stereocenters. The van der Waals surface area contributed by atoms with Crippen LogP contribution < -0.4 is 14.9 Å². The van der Waals surface area contributed by atoms with Crippen molar-refractivity contribution in [3.05, 3.63) is 52.6 Å². The molecule has 9 nitrogen and oxygen atoms in total. The number of nitro groups is 1. The number of methoxy groups -OCH3 is 1. The van der Waals surface area contributed by atoms with Gasteiger partial charge in [-0.2, -0.15) is 0 Å². The van der Waals surface area contributed by atoms with Crippen molar-refractivity contribution in [1.29, 1.82) is 0 Å². The van der Waals surface area contributed by atoms with Crippen LogP contribution in [0.2, 0.25) is 0 Å². The number of hydrogen-bond donors (Lipinski definition) is 2. The third-order valence-electron chi connectivity index (χ3n) is 4.87. The molecule has 0 radical (unpaired) electrons. The van der Waals surface area contributed by atoms with Crippen LogP contribution in [0.1, 0.15) is 19.8 Å². The fourth-order valence-corrected chi connectivity index (χ4v) is 4.69. The first kappa shape index (κ1) is 22.0. The number of nitrogens with one attached hydrogen (secondary N) is 2. The maximum absolute atomic E-state index is 12.5. The van der Waals surface area contributed by atoms with E-state index in [2.05, 4.69) is 14.9 Å². The van der Waals surface area contributed by atoms with Gasteiger partial charge in [0.2, 0.25) is 10.0 Å². The van der Waals surface area contributed by atoms with Gasteiger partial charge in [0.05, 0.1) is 16.4 Å². The third kappa shape index (κ3) is 5.26. The van der Waals surface area contributed by atoms with Gasteiger partial charge in [0.25, 0.3) is 5.69 Å². The van der Waals surface area contributed by atoms with Crippen molar-refractivity contribution in [2.24, 2.45) is 0 Å². The molecule has 162 valence electrons. The highest BCUT2D eigenvalue weighted by Crippen LogP contribution is 2.31. The van der Waals surface area contributed by atoms with Crippen molar-refractivity contribution in [3.63, 3.8) is 0 Å². The topological polar surface area (TPSA) is 114 Å². The van der Waals surface area contributed by atoms with Gasteiger partial charge in [-0.25, -0.2) is 13.1 Å². The summed E-state index contributed by atoms with van der Waals surface area (Å²) in [5, 5.41) is 14.6. The molecule has 1 atom stereocenters. The van der Waals surface area contributed by atoms with E-state index in [0.717, 1.165) is 24.8 Å². The molecule has 10 heteroatoms. The first-order valence-corrected chi connectivity index (χ1v) is 11.2. The predicted octanol–water partition coefficient (Wildman–Crippen LogP) is 3.25. The number of nitrogens with zero attached hydrogens (tertiary/aromatic N) is 2. The molecule has 0 spiro atoms. The zero-order chi connectivity index (χ0) is 21.7. The average Bonchev–Trinajstić information content (AvgIpc) is 3.23. The van der Waals surface area contributed by atoms with Gasteiger partial charge in [-0.1, -0.05) is 0 Å². The number of benzene rings is 2. The molecule has 0 amide bonds. The van der Waals surface area contributed by atoms with Crippen molar-refractivity contribution in [3.8, 4) is 0 Å². The number of ether oxygens (including phenoxy) is 1. The number of rotatable bonds is 9. The minimum absolute atomic E-state index is 0.174. The van der Waals surface area contributed by atoms with Gasteiger partial charge in [0.15, 0.2) is 0 Å². The highest BCUT2D eigenvalue weighted by molar-refractivity contribution is 7.89. The Hall–Kier alpha value is -2.69. The third-order valence-corrected chi connectivity index (χ3v) is 6.45. The molecule has 1 fully saturated rings. The van der Waals surface area contributed by atoms with Crippen molar-refractivity contribution in [2.45, 2.75) is 30.7 Å². The summed E-state index contributed by atoms with van der Waals surface area (Å²) in [4.78, 5) is 13.1. The predicted molar refractivity (Wildman–Crippen MR) is 116 cm³/mol. The Bertz CT molecular complexity index is 989. The SMILES string of the molecule is COC[C@H](C)NS(=O)(=O)c1ccc(Nc2ccc(N3CCCC3)cc2)c([N+](=O)[O-])c1. The smallest absolute Gasteiger partial charge is 0.294 e. The van der Waals surface area contributed by atoms with E-state index in [1.807, 2.05) is 24.3 Å². The van der Waals surface area contributed by atoms with Gasteiger partial charge in [0, 0.05) is 43.7 Å². The zero-order valence-corrected chi connectivity index (χ0v) is 17.8. The lowest BCUT2D eigenvalue weighted by Crippen LogP contribution is -2.35. The Morgan fingerprint density at radius 3 is 2.43 bits per heavy atom. The van der Waals surface area contributed by atoms with E-state index in [4.69, 9.17) is 4.74 Å². The Morgan fingerprint density at radius 2 is 1.83 bits per heavy atom. The maximum Gasteiger partial charge on any atom is 0.294 e. The summed E-state index contributed by atoms with van der Waals surface area (Å²) in [6.45, 7) is 3.90. The number of anilines is 3. The molecule has 2 aromatic rings. The second-order valence-electron chi connectivity index (χ2n) is 7.28. The van der Waals surface area contributed by atoms with E-state index in [1.165, 1.54) is 32.1 Å². The molecular formula is C20H26N4O5S. The average molecular weight is 435 g/mol. The standard InChI is InChI=1S/C20H26N4O5S/c1-15(14-29-2)22-30(27,28)18-9-10-19(20(13-18)24(25)26)21-16-5-7-17(8-6-16)23-11-3-4-12-23/h5-10,13,15,21-22H,3-4,11-12,14H2,1-2H3/t15-/m0/s1. The number of nitro benzene ring substituents is 1. The monoisotopic (exact) mass is 434 g/mol. The largest absolute Gasteiger partial charge is 0.383 e. The van der Waals surface area contributed by atoms with E-state index in [9.17, 15) is 18.5 Å². The summed E-state index contributed by atoms with van der Waals surface area (Å²) < 4.78 is 32.4. The molecule has 3 rings (SSSR count). The first-order chi connectivity index (χ1) is 14.3. The zero-order valence-electron chi connectivity index (χ0n) is 17.0. The second kappa shape index (κ2) is 9.41. The summed E-state index contributed by atoms with van der Waals surface area (Å²) in [5.41, 5.74) is 1.70. The second-order valence-corrected chi connectivity index (χ2v) is 8.99.